The number of anilines is 3. The number of nitrogens with zero attached hydrogens (tertiary/aromatic N) is 4. The van der Waals surface area contributed by atoms with Gasteiger partial charge in [0.05, 0.1) is 10.7 Å². The van der Waals surface area contributed by atoms with E-state index in [9.17, 15) is 14.4 Å². The molecule has 0 atom stereocenters. The molecule has 9 nitrogen and oxygen atoms in total. The molecule has 10 heteroatoms. The third-order valence-electron chi connectivity index (χ3n) is 7.97. The fourth-order valence-electron chi connectivity index (χ4n) is 5.66. The molecule has 1 aliphatic heterocycles. The monoisotopic (exact) mass is 606 g/mol. The second kappa shape index (κ2) is 12.4. The molecule has 1 amide bonds. The molecule has 222 valence electrons. The van der Waals surface area contributed by atoms with Crippen LogP contribution >= 0.6 is 11.6 Å². The zero-order valence-corrected chi connectivity index (χ0v) is 25.2. The fourth-order valence-corrected chi connectivity index (χ4v) is 5.94. The van der Waals surface area contributed by atoms with Crippen molar-refractivity contribution < 1.29 is 9.59 Å². The molecule has 0 radical (unpaired) electrons. The Labute approximate surface area is 259 Å². The zero-order valence-electron chi connectivity index (χ0n) is 24.4. The number of carbonyl (C=O) groups excluding carboxylic acids is 2. The van der Waals surface area contributed by atoms with Gasteiger partial charge in [-0.15, -0.1) is 0 Å². The first kappa shape index (κ1) is 29.2. The zero-order chi connectivity index (χ0) is 30.8. The summed E-state index contributed by atoms with van der Waals surface area (Å²) in [7, 11) is 1.49. The van der Waals surface area contributed by atoms with Gasteiger partial charge in [-0.05, 0) is 79.9 Å². The standard InChI is InChI=1S/C34H31ClN6O3/c1-21-25(26-8-6-10-29(30(26)35)39-33(43)27-16-23(20-42)18-40(2)34(27)44)7-5-9-28(21)38-32-31-24(11-12-36-32)15-22(17-37-31)19-41-13-3-4-14-41/h5-12,15-18,20H,3-4,13-14,19H2,1-2H3,(H,36,38)(H,39,43). The maximum absolute atomic E-state index is 13.1. The van der Waals surface area contributed by atoms with Crippen molar-refractivity contribution in [2.75, 3.05) is 23.7 Å². The molecule has 1 saturated heterocycles. The van der Waals surface area contributed by atoms with Crippen LogP contribution in [0.3, 0.4) is 0 Å². The molecule has 44 heavy (non-hydrogen) atoms. The van der Waals surface area contributed by atoms with Crippen LogP contribution in [-0.2, 0) is 13.6 Å². The van der Waals surface area contributed by atoms with Crippen LogP contribution in [0.25, 0.3) is 22.0 Å². The van der Waals surface area contributed by atoms with Crippen molar-refractivity contribution in [2.24, 2.45) is 7.05 Å². The van der Waals surface area contributed by atoms with Crippen LogP contribution < -0.4 is 16.2 Å². The highest BCUT2D eigenvalue weighted by molar-refractivity contribution is 6.36. The largest absolute Gasteiger partial charge is 0.338 e. The molecule has 0 unspecified atom stereocenters. The number of likely N-dealkylation sites (tertiary alicyclic amines) is 1. The van der Waals surface area contributed by atoms with Gasteiger partial charge in [-0.2, -0.15) is 0 Å². The Hall–Kier alpha value is -4.86. The number of aldehydes is 1. The Morgan fingerprint density at radius 2 is 1.77 bits per heavy atom. The van der Waals surface area contributed by atoms with E-state index in [1.54, 1.807) is 18.3 Å². The number of aryl methyl sites for hydroxylation is 1. The van der Waals surface area contributed by atoms with Crippen LogP contribution in [0.5, 0.6) is 0 Å². The highest BCUT2D eigenvalue weighted by Crippen LogP contribution is 2.38. The molecule has 4 heterocycles. The average Bonchev–Trinajstić information content (AvgIpc) is 3.54. The quantitative estimate of drug-likeness (QED) is 0.198. The van der Waals surface area contributed by atoms with Crippen LogP contribution in [0.2, 0.25) is 5.02 Å². The smallest absolute Gasteiger partial charge is 0.263 e. The molecule has 0 bridgehead atoms. The van der Waals surface area contributed by atoms with E-state index in [0.717, 1.165) is 47.4 Å². The Kier molecular flexibility index (Phi) is 8.23. The van der Waals surface area contributed by atoms with E-state index in [2.05, 4.69) is 26.6 Å². The molecule has 0 aliphatic carbocycles. The molecule has 2 N–H and O–H groups in total. The number of pyridine rings is 3. The molecule has 5 aromatic rings. The number of aromatic nitrogens is 3. The van der Waals surface area contributed by atoms with Crippen molar-refractivity contribution in [1.29, 1.82) is 0 Å². The SMILES string of the molecule is Cc1c(Nc2nccc3cc(CN4CCCC4)cnc23)cccc1-c1cccc(NC(=O)c2cc(C=O)cn(C)c2=O)c1Cl. The van der Waals surface area contributed by atoms with Gasteiger partial charge in [-0.3, -0.25) is 24.3 Å². The Morgan fingerprint density at radius 1 is 1.02 bits per heavy atom. The van der Waals surface area contributed by atoms with Gasteiger partial charge < -0.3 is 15.2 Å². The first-order valence-corrected chi connectivity index (χ1v) is 14.8. The molecule has 1 fully saturated rings. The van der Waals surface area contributed by atoms with Crippen LogP contribution in [0.4, 0.5) is 17.2 Å². The molecular weight excluding hydrogens is 576 g/mol. The fraction of sp³-hybridized carbons (Fsp3) is 0.206. The number of carbonyl (C=O) groups is 2. The first-order valence-electron chi connectivity index (χ1n) is 14.4. The minimum Gasteiger partial charge on any atom is -0.338 e. The van der Waals surface area contributed by atoms with Crippen molar-refractivity contribution in [3.63, 3.8) is 0 Å². The number of hydrogen-bond donors (Lipinski definition) is 2. The van der Waals surface area contributed by atoms with Gasteiger partial charge in [0, 0.05) is 54.4 Å². The van der Waals surface area contributed by atoms with E-state index in [1.807, 2.05) is 43.5 Å². The van der Waals surface area contributed by atoms with Crippen LogP contribution in [0.15, 0.2) is 78.0 Å². The highest BCUT2D eigenvalue weighted by atomic mass is 35.5. The second-order valence-corrected chi connectivity index (χ2v) is 11.4. The van der Waals surface area contributed by atoms with E-state index in [1.165, 1.54) is 42.3 Å². The third kappa shape index (κ3) is 5.84. The summed E-state index contributed by atoms with van der Waals surface area (Å²) in [5.41, 5.74) is 5.19. The predicted molar refractivity (Wildman–Crippen MR) is 174 cm³/mol. The second-order valence-electron chi connectivity index (χ2n) is 11.0. The lowest BCUT2D eigenvalue weighted by molar-refractivity contribution is 0.102. The highest BCUT2D eigenvalue weighted by Gasteiger charge is 2.18. The van der Waals surface area contributed by atoms with Gasteiger partial charge in [-0.1, -0.05) is 35.9 Å². The van der Waals surface area contributed by atoms with Crippen molar-refractivity contribution in [3.05, 3.63) is 111 Å². The minimum atomic E-state index is -0.654. The molecule has 0 saturated carbocycles. The molecule has 0 spiro atoms. The van der Waals surface area contributed by atoms with Gasteiger partial charge in [0.15, 0.2) is 12.1 Å². The normalized spacial score (nSPS) is 13.2. The summed E-state index contributed by atoms with van der Waals surface area (Å²) >= 11 is 6.84. The van der Waals surface area contributed by atoms with E-state index in [4.69, 9.17) is 16.6 Å². The predicted octanol–water partition coefficient (Wildman–Crippen LogP) is 6.36. The lowest BCUT2D eigenvalue weighted by atomic mass is 9.98. The number of benzene rings is 2. The summed E-state index contributed by atoms with van der Waals surface area (Å²) in [6.45, 7) is 5.15. The summed E-state index contributed by atoms with van der Waals surface area (Å²) in [6, 6.07) is 16.6. The molecule has 1 aliphatic rings. The Morgan fingerprint density at radius 3 is 2.55 bits per heavy atom. The number of hydrogen-bond acceptors (Lipinski definition) is 7. The molecule has 3 aromatic heterocycles. The summed E-state index contributed by atoms with van der Waals surface area (Å²) in [5.74, 6) is 0.000301. The minimum absolute atomic E-state index is 0.152. The van der Waals surface area contributed by atoms with Crippen molar-refractivity contribution in [2.45, 2.75) is 26.3 Å². The van der Waals surface area contributed by atoms with Crippen LogP contribution in [-0.4, -0.2) is 44.7 Å². The molecular formula is C34H31ClN6O3. The van der Waals surface area contributed by atoms with Gasteiger partial charge in [0.2, 0.25) is 0 Å². The average molecular weight is 607 g/mol. The summed E-state index contributed by atoms with van der Waals surface area (Å²) in [4.78, 5) is 48.8. The van der Waals surface area contributed by atoms with Crippen molar-refractivity contribution in [1.82, 2.24) is 19.4 Å². The third-order valence-corrected chi connectivity index (χ3v) is 8.38. The molecule has 6 rings (SSSR count). The lowest BCUT2D eigenvalue weighted by Gasteiger charge is -2.17. The van der Waals surface area contributed by atoms with Gasteiger partial charge in [-0.25, -0.2) is 4.98 Å². The number of halogens is 1. The number of fused-ring (bicyclic) bond motifs is 1. The summed E-state index contributed by atoms with van der Waals surface area (Å²) in [6.07, 6.45) is 8.18. The van der Waals surface area contributed by atoms with Crippen molar-refractivity contribution in [3.8, 4) is 11.1 Å². The number of amides is 1. The Bertz CT molecular complexity index is 1970. The van der Waals surface area contributed by atoms with Crippen LogP contribution in [0, 0.1) is 6.92 Å². The Balaban J connectivity index is 1.28. The maximum Gasteiger partial charge on any atom is 0.263 e. The topological polar surface area (TPSA) is 109 Å². The molecule has 2 aromatic carbocycles. The number of nitrogens with one attached hydrogen (secondary N) is 2. The lowest BCUT2D eigenvalue weighted by Crippen LogP contribution is -2.28. The van der Waals surface area contributed by atoms with Gasteiger partial charge >= 0.3 is 0 Å². The number of rotatable bonds is 8. The van der Waals surface area contributed by atoms with Crippen LogP contribution in [0.1, 0.15) is 44.7 Å². The van der Waals surface area contributed by atoms with E-state index >= 15 is 0 Å². The van der Waals surface area contributed by atoms with Gasteiger partial charge in [0.1, 0.15) is 11.1 Å². The van der Waals surface area contributed by atoms with E-state index in [-0.39, 0.29) is 11.1 Å². The van der Waals surface area contributed by atoms with E-state index < -0.39 is 11.5 Å². The van der Waals surface area contributed by atoms with Gasteiger partial charge in [0.25, 0.3) is 11.5 Å². The van der Waals surface area contributed by atoms with E-state index in [0.29, 0.717) is 28.4 Å². The maximum atomic E-state index is 13.1. The summed E-state index contributed by atoms with van der Waals surface area (Å²) < 4.78 is 1.20. The first-order chi connectivity index (χ1) is 21.3. The van der Waals surface area contributed by atoms with Crippen molar-refractivity contribution >= 4 is 51.9 Å². The summed E-state index contributed by atoms with van der Waals surface area (Å²) in [5, 5.41) is 7.55.